The minimum atomic E-state index is -0.0972. The molecule has 32 heavy (non-hydrogen) atoms. The van der Waals surface area contributed by atoms with Gasteiger partial charge in [0, 0.05) is 35.7 Å². The van der Waals surface area contributed by atoms with E-state index < -0.39 is 0 Å². The number of morpholine rings is 1. The summed E-state index contributed by atoms with van der Waals surface area (Å²) in [6, 6.07) is 18.4. The van der Waals surface area contributed by atoms with Crippen LogP contribution in [0, 0.1) is 6.92 Å². The topological polar surface area (TPSA) is 66.8 Å². The van der Waals surface area contributed by atoms with Crippen LogP contribution in [0.5, 0.6) is 0 Å². The van der Waals surface area contributed by atoms with Crippen LogP contribution in [0.4, 0.5) is 5.13 Å². The van der Waals surface area contributed by atoms with Crippen LogP contribution in [0.1, 0.15) is 16.9 Å². The van der Waals surface area contributed by atoms with Crippen molar-refractivity contribution in [3.8, 4) is 11.3 Å². The molecule has 1 amide bonds. The largest absolute Gasteiger partial charge is 0.378 e. The number of thioether (sulfide) groups is 1. The molecule has 1 fully saturated rings. The summed E-state index contributed by atoms with van der Waals surface area (Å²) in [4.78, 5) is 21.4. The average Bonchev–Trinajstić information content (AvgIpc) is 3.26. The predicted octanol–water partition coefficient (Wildman–Crippen LogP) is 4.59. The lowest BCUT2D eigenvalue weighted by atomic mass is 10.1. The van der Waals surface area contributed by atoms with E-state index in [0.29, 0.717) is 25.4 Å². The molecule has 0 atom stereocenters. The number of thiazole rings is 1. The number of hydrazone groups is 1. The van der Waals surface area contributed by atoms with E-state index in [1.165, 1.54) is 10.5 Å². The second-order valence-electron chi connectivity index (χ2n) is 7.38. The van der Waals surface area contributed by atoms with Crippen molar-refractivity contribution in [1.82, 2.24) is 10.4 Å². The van der Waals surface area contributed by atoms with Gasteiger partial charge in [-0.25, -0.2) is 10.4 Å². The van der Waals surface area contributed by atoms with Crippen LogP contribution in [0.15, 0.2) is 64.6 Å². The molecule has 1 saturated heterocycles. The number of nitrogens with one attached hydrogen (secondary N) is 1. The molecule has 2 aromatic carbocycles. The zero-order valence-electron chi connectivity index (χ0n) is 18.0. The maximum Gasteiger partial charge on any atom is 0.240 e. The van der Waals surface area contributed by atoms with Gasteiger partial charge in [0.2, 0.25) is 5.91 Å². The molecule has 166 valence electrons. The van der Waals surface area contributed by atoms with Crippen LogP contribution in [-0.4, -0.2) is 49.2 Å². The van der Waals surface area contributed by atoms with Gasteiger partial charge < -0.3 is 9.64 Å². The second kappa shape index (κ2) is 11.3. The molecule has 0 aliphatic carbocycles. The lowest BCUT2D eigenvalue weighted by Crippen LogP contribution is -2.36. The Bertz CT molecular complexity index is 1050. The number of ether oxygens (including phenoxy) is 1. The van der Waals surface area contributed by atoms with E-state index >= 15 is 0 Å². The Morgan fingerprint density at radius 2 is 1.94 bits per heavy atom. The molecule has 0 radical (unpaired) electrons. The number of anilines is 1. The molecule has 3 aromatic rings. The smallest absolute Gasteiger partial charge is 0.240 e. The van der Waals surface area contributed by atoms with E-state index in [2.05, 4.69) is 46.6 Å². The molecule has 8 heteroatoms. The maximum atomic E-state index is 12.2. The number of benzene rings is 2. The highest BCUT2D eigenvalue weighted by atomic mass is 32.2. The summed E-state index contributed by atoms with van der Waals surface area (Å²) in [7, 11) is 0. The van der Waals surface area contributed by atoms with E-state index in [0.717, 1.165) is 34.4 Å². The summed E-state index contributed by atoms with van der Waals surface area (Å²) in [5.41, 5.74) is 5.80. The van der Waals surface area contributed by atoms with Crippen LogP contribution in [0.3, 0.4) is 0 Å². The van der Waals surface area contributed by atoms with E-state index in [-0.39, 0.29) is 5.91 Å². The highest BCUT2D eigenvalue weighted by Crippen LogP contribution is 2.32. The first-order valence-electron chi connectivity index (χ1n) is 10.6. The summed E-state index contributed by atoms with van der Waals surface area (Å²) in [5.74, 6) is 0.613. The van der Waals surface area contributed by atoms with Crippen LogP contribution >= 0.6 is 23.1 Å². The molecule has 0 unspecified atom stereocenters. The molecular formula is C24H26N4O2S2. The van der Waals surface area contributed by atoms with Crippen LogP contribution in [-0.2, 0) is 9.53 Å². The summed E-state index contributed by atoms with van der Waals surface area (Å²) in [5, 5.41) is 5.17. The van der Waals surface area contributed by atoms with E-state index in [1.807, 2.05) is 30.3 Å². The lowest BCUT2D eigenvalue weighted by Gasteiger charge is -2.26. The predicted molar refractivity (Wildman–Crippen MR) is 133 cm³/mol. The average molecular weight is 467 g/mol. The quantitative estimate of drug-likeness (QED) is 0.299. The Morgan fingerprint density at radius 3 is 2.69 bits per heavy atom. The molecule has 1 aromatic heterocycles. The molecule has 1 aliphatic heterocycles. The summed E-state index contributed by atoms with van der Waals surface area (Å²) < 4.78 is 5.46. The fourth-order valence-corrected chi connectivity index (χ4v) is 5.08. The molecular weight excluding hydrogens is 440 g/mol. The van der Waals surface area contributed by atoms with Gasteiger partial charge in [0.05, 0.1) is 30.0 Å². The molecule has 0 saturated carbocycles. The standard InChI is InChI=1S/C24H26N4O2S2/c1-18-7-9-20(10-8-18)31-16-11-22(29)27-25-17-21-23(19-5-3-2-4-6-19)26-24(32-21)28-12-14-30-15-13-28/h2-10,17H,11-16H2,1H3,(H,27,29). The number of hydrogen-bond acceptors (Lipinski definition) is 7. The highest BCUT2D eigenvalue weighted by Gasteiger charge is 2.18. The zero-order valence-corrected chi connectivity index (χ0v) is 19.6. The SMILES string of the molecule is Cc1ccc(SCCC(=O)NN=Cc2sc(N3CCOCC3)nc2-c2ccccc2)cc1. The molecule has 1 aliphatic rings. The van der Waals surface area contributed by atoms with Crippen LogP contribution in [0.25, 0.3) is 11.3 Å². The van der Waals surface area contributed by atoms with Gasteiger partial charge in [-0.1, -0.05) is 59.4 Å². The van der Waals surface area contributed by atoms with Gasteiger partial charge in [-0.05, 0) is 19.1 Å². The molecule has 0 spiro atoms. The van der Waals surface area contributed by atoms with E-state index in [4.69, 9.17) is 9.72 Å². The van der Waals surface area contributed by atoms with Gasteiger partial charge in [-0.15, -0.1) is 11.8 Å². The monoisotopic (exact) mass is 466 g/mol. The fourth-order valence-electron chi connectivity index (χ4n) is 3.22. The first-order chi connectivity index (χ1) is 15.7. The number of aromatic nitrogens is 1. The number of amides is 1. The summed E-state index contributed by atoms with van der Waals surface area (Å²) in [6.07, 6.45) is 2.11. The van der Waals surface area contributed by atoms with Crippen LogP contribution in [0.2, 0.25) is 0 Å². The van der Waals surface area contributed by atoms with Crippen molar-refractivity contribution >= 4 is 40.4 Å². The Balaban J connectivity index is 1.38. The van der Waals surface area contributed by atoms with Gasteiger partial charge in [0.25, 0.3) is 0 Å². The first-order valence-corrected chi connectivity index (χ1v) is 12.4. The Hall–Kier alpha value is -2.68. The number of aryl methyl sites for hydroxylation is 1. The van der Waals surface area contributed by atoms with Crippen molar-refractivity contribution in [3.63, 3.8) is 0 Å². The molecule has 0 bridgehead atoms. The molecule has 4 rings (SSSR count). The van der Waals surface area contributed by atoms with Crippen LogP contribution < -0.4 is 10.3 Å². The first kappa shape index (κ1) is 22.5. The van der Waals surface area contributed by atoms with Crippen molar-refractivity contribution in [2.45, 2.75) is 18.2 Å². The summed E-state index contributed by atoms with van der Waals surface area (Å²) >= 11 is 3.25. The van der Waals surface area contributed by atoms with Crippen molar-refractivity contribution < 1.29 is 9.53 Å². The normalized spacial score (nSPS) is 14.1. The lowest BCUT2D eigenvalue weighted by molar-refractivity contribution is -0.120. The van der Waals surface area contributed by atoms with Crippen molar-refractivity contribution in [1.29, 1.82) is 0 Å². The minimum absolute atomic E-state index is 0.0972. The third kappa shape index (κ3) is 6.18. The molecule has 1 N–H and O–H groups in total. The molecule has 6 nitrogen and oxygen atoms in total. The van der Waals surface area contributed by atoms with Gasteiger partial charge in [-0.3, -0.25) is 4.79 Å². The third-order valence-corrected chi connectivity index (χ3v) is 7.03. The zero-order chi connectivity index (χ0) is 22.2. The Morgan fingerprint density at radius 1 is 1.19 bits per heavy atom. The van der Waals surface area contributed by atoms with E-state index in [1.54, 1.807) is 29.3 Å². The highest BCUT2D eigenvalue weighted by molar-refractivity contribution is 7.99. The number of hydrogen-bond donors (Lipinski definition) is 1. The van der Waals surface area contributed by atoms with Gasteiger partial charge in [0.1, 0.15) is 0 Å². The number of carbonyl (C=O) groups is 1. The Kier molecular flexibility index (Phi) is 7.92. The van der Waals surface area contributed by atoms with E-state index in [9.17, 15) is 4.79 Å². The van der Waals surface area contributed by atoms with Gasteiger partial charge in [-0.2, -0.15) is 5.10 Å². The second-order valence-corrected chi connectivity index (χ2v) is 9.56. The summed E-state index contributed by atoms with van der Waals surface area (Å²) in [6.45, 7) is 5.14. The Labute approximate surface area is 196 Å². The number of rotatable bonds is 8. The van der Waals surface area contributed by atoms with Crippen molar-refractivity contribution in [2.24, 2.45) is 5.10 Å². The fraction of sp³-hybridized carbons (Fsp3) is 0.292. The van der Waals surface area contributed by atoms with Gasteiger partial charge >= 0.3 is 0 Å². The number of carbonyl (C=O) groups excluding carboxylic acids is 1. The van der Waals surface area contributed by atoms with Crippen molar-refractivity contribution in [3.05, 3.63) is 65.0 Å². The van der Waals surface area contributed by atoms with Gasteiger partial charge in [0.15, 0.2) is 5.13 Å². The number of nitrogens with zero attached hydrogens (tertiary/aromatic N) is 3. The maximum absolute atomic E-state index is 12.2. The molecule has 2 heterocycles. The van der Waals surface area contributed by atoms with Crippen molar-refractivity contribution in [2.75, 3.05) is 37.0 Å². The minimum Gasteiger partial charge on any atom is -0.378 e. The third-order valence-electron chi connectivity index (χ3n) is 4.96.